The maximum Gasteiger partial charge on any atom is 0.0706 e. The van der Waals surface area contributed by atoms with Gasteiger partial charge in [-0.05, 0) is 51.3 Å². The molecule has 0 aliphatic carbocycles. The number of rotatable bonds is 4. The third-order valence-electron chi connectivity index (χ3n) is 4.67. The summed E-state index contributed by atoms with van der Waals surface area (Å²) in [5.41, 5.74) is 1.43. The number of benzene rings is 1. The zero-order chi connectivity index (χ0) is 14.5. The molecular formula is C18H28N2O. The Balaban J connectivity index is 1.53. The lowest BCUT2D eigenvalue weighted by atomic mass is 10.1. The van der Waals surface area contributed by atoms with Gasteiger partial charge in [-0.2, -0.15) is 0 Å². The molecule has 2 fully saturated rings. The van der Waals surface area contributed by atoms with Crippen LogP contribution in [0, 0.1) is 0 Å². The molecule has 2 aliphatic heterocycles. The summed E-state index contributed by atoms with van der Waals surface area (Å²) >= 11 is 0. The Bertz CT molecular complexity index is 422. The molecule has 1 aromatic carbocycles. The maximum atomic E-state index is 6.00. The van der Waals surface area contributed by atoms with Gasteiger partial charge in [-0.3, -0.25) is 4.90 Å². The smallest absolute Gasteiger partial charge is 0.0706 e. The SMILES string of the molecule is CC1CCC(CN2CCCNC(Cc3ccccc3)C2)O1. The fourth-order valence-electron chi connectivity index (χ4n) is 3.59. The molecule has 3 heteroatoms. The van der Waals surface area contributed by atoms with Gasteiger partial charge in [0.1, 0.15) is 0 Å². The molecule has 2 aliphatic rings. The summed E-state index contributed by atoms with van der Waals surface area (Å²) in [6.07, 6.45) is 5.74. The normalized spacial score (nSPS) is 31.2. The molecule has 3 atom stereocenters. The van der Waals surface area contributed by atoms with E-state index in [2.05, 4.69) is 47.5 Å². The van der Waals surface area contributed by atoms with Crippen molar-refractivity contribution in [1.29, 1.82) is 0 Å². The van der Waals surface area contributed by atoms with Gasteiger partial charge >= 0.3 is 0 Å². The summed E-state index contributed by atoms with van der Waals surface area (Å²) in [5, 5.41) is 3.71. The molecule has 0 aromatic heterocycles. The molecule has 1 aromatic rings. The second kappa shape index (κ2) is 7.39. The molecule has 0 radical (unpaired) electrons. The van der Waals surface area contributed by atoms with E-state index in [9.17, 15) is 0 Å². The Morgan fingerprint density at radius 2 is 2.10 bits per heavy atom. The van der Waals surface area contributed by atoms with E-state index in [4.69, 9.17) is 4.74 Å². The molecule has 116 valence electrons. The van der Waals surface area contributed by atoms with Crippen molar-refractivity contribution in [3.05, 3.63) is 35.9 Å². The molecule has 21 heavy (non-hydrogen) atoms. The van der Waals surface area contributed by atoms with Crippen molar-refractivity contribution in [3.8, 4) is 0 Å². The highest BCUT2D eigenvalue weighted by atomic mass is 16.5. The molecule has 3 nitrogen and oxygen atoms in total. The van der Waals surface area contributed by atoms with Crippen molar-refractivity contribution in [2.45, 2.75) is 50.9 Å². The van der Waals surface area contributed by atoms with Crippen LogP contribution in [0.4, 0.5) is 0 Å². The van der Waals surface area contributed by atoms with Crippen LogP contribution in [0.1, 0.15) is 31.7 Å². The minimum Gasteiger partial charge on any atom is -0.374 e. The molecule has 3 unspecified atom stereocenters. The van der Waals surface area contributed by atoms with E-state index < -0.39 is 0 Å². The molecule has 2 heterocycles. The first kappa shape index (κ1) is 15.0. The van der Waals surface area contributed by atoms with Crippen LogP contribution in [0.15, 0.2) is 30.3 Å². The summed E-state index contributed by atoms with van der Waals surface area (Å²) < 4.78 is 6.00. The van der Waals surface area contributed by atoms with Crippen LogP contribution in [0.5, 0.6) is 0 Å². The quantitative estimate of drug-likeness (QED) is 0.921. The number of nitrogens with one attached hydrogen (secondary N) is 1. The van der Waals surface area contributed by atoms with Crippen LogP contribution >= 0.6 is 0 Å². The average molecular weight is 288 g/mol. The van der Waals surface area contributed by atoms with Crippen molar-refractivity contribution >= 4 is 0 Å². The number of nitrogens with zero attached hydrogens (tertiary/aromatic N) is 1. The van der Waals surface area contributed by atoms with Crippen LogP contribution < -0.4 is 5.32 Å². The second-order valence-electron chi connectivity index (χ2n) is 6.60. The van der Waals surface area contributed by atoms with E-state index in [1.165, 1.54) is 31.4 Å². The van der Waals surface area contributed by atoms with Gasteiger partial charge < -0.3 is 10.1 Å². The zero-order valence-electron chi connectivity index (χ0n) is 13.1. The lowest BCUT2D eigenvalue weighted by Gasteiger charge is -2.27. The molecule has 3 rings (SSSR count). The minimum atomic E-state index is 0.454. The first-order valence-corrected chi connectivity index (χ1v) is 8.45. The van der Waals surface area contributed by atoms with Gasteiger partial charge in [-0.15, -0.1) is 0 Å². The highest BCUT2D eigenvalue weighted by Gasteiger charge is 2.26. The van der Waals surface area contributed by atoms with Crippen LogP contribution in [0.3, 0.4) is 0 Å². The summed E-state index contributed by atoms with van der Waals surface area (Å²) in [5.74, 6) is 0. The fourth-order valence-corrected chi connectivity index (χ4v) is 3.59. The number of hydrogen-bond donors (Lipinski definition) is 1. The van der Waals surface area contributed by atoms with E-state index in [1.807, 2.05) is 0 Å². The monoisotopic (exact) mass is 288 g/mol. The first-order chi connectivity index (χ1) is 10.3. The fraction of sp³-hybridized carbons (Fsp3) is 0.667. The van der Waals surface area contributed by atoms with Crippen molar-refractivity contribution in [2.75, 3.05) is 26.2 Å². The average Bonchev–Trinajstić information content (AvgIpc) is 2.76. The molecule has 0 spiro atoms. The summed E-state index contributed by atoms with van der Waals surface area (Å²) in [4.78, 5) is 2.61. The Kier molecular flexibility index (Phi) is 5.28. The van der Waals surface area contributed by atoms with Gasteiger partial charge in [0, 0.05) is 19.1 Å². The van der Waals surface area contributed by atoms with E-state index in [0.29, 0.717) is 18.2 Å². The van der Waals surface area contributed by atoms with Gasteiger partial charge in [0.2, 0.25) is 0 Å². The van der Waals surface area contributed by atoms with Crippen molar-refractivity contribution < 1.29 is 4.74 Å². The third kappa shape index (κ3) is 4.53. The summed E-state index contributed by atoms with van der Waals surface area (Å²) in [6, 6.07) is 11.4. The highest BCUT2D eigenvalue weighted by molar-refractivity contribution is 5.16. The van der Waals surface area contributed by atoms with Gasteiger partial charge in [0.15, 0.2) is 0 Å². The largest absolute Gasteiger partial charge is 0.374 e. The van der Waals surface area contributed by atoms with Crippen LogP contribution in [-0.2, 0) is 11.2 Å². The standard InChI is InChI=1S/C18H28N2O/c1-15-8-9-18(21-15)14-20-11-5-10-19-17(13-20)12-16-6-3-2-4-7-16/h2-4,6-7,15,17-19H,5,8-14H2,1H3. The predicted molar refractivity (Wildman–Crippen MR) is 86.6 cm³/mol. The maximum absolute atomic E-state index is 6.00. The number of ether oxygens (including phenoxy) is 1. The van der Waals surface area contributed by atoms with Crippen molar-refractivity contribution in [2.24, 2.45) is 0 Å². The van der Waals surface area contributed by atoms with Crippen molar-refractivity contribution in [3.63, 3.8) is 0 Å². The Morgan fingerprint density at radius 1 is 1.24 bits per heavy atom. The van der Waals surface area contributed by atoms with E-state index in [-0.39, 0.29) is 0 Å². The van der Waals surface area contributed by atoms with Gasteiger partial charge in [-0.1, -0.05) is 30.3 Å². The van der Waals surface area contributed by atoms with Crippen LogP contribution in [0.2, 0.25) is 0 Å². The molecule has 2 saturated heterocycles. The van der Waals surface area contributed by atoms with Crippen LogP contribution in [0.25, 0.3) is 0 Å². The highest BCUT2D eigenvalue weighted by Crippen LogP contribution is 2.20. The molecular weight excluding hydrogens is 260 g/mol. The zero-order valence-corrected chi connectivity index (χ0v) is 13.1. The summed E-state index contributed by atoms with van der Waals surface area (Å²) in [6.45, 7) is 6.78. The predicted octanol–water partition coefficient (Wildman–Crippen LogP) is 2.46. The molecule has 0 amide bonds. The third-order valence-corrected chi connectivity index (χ3v) is 4.67. The van der Waals surface area contributed by atoms with Crippen molar-refractivity contribution in [1.82, 2.24) is 10.2 Å². The van der Waals surface area contributed by atoms with E-state index in [0.717, 1.165) is 26.1 Å². The number of hydrogen-bond acceptors (Lipinski definition) is 3. The first-order valence-electron chi connectivity index (χ1n) is 8.45. The Labute approximate surface area is 128 Å². The van der Waals surface area contributed by atoms with Gasteiger partial charge in [-0.25, -0.2) is 0 Å². The van der Waals surface area contributed by atoms with E-state index in [1.54, 1.807) is 0 Å². The van der Waals surface area contributed by atoms with Crippen LogP contribution in [-0.4, -0.2) is 49.3 Å². The molecule has 0 bridgehead atoms. The second-order valence-corrected chi connectivity index (χ2v) is 6.60. The van der Waals surface area contributed by atoms with Gasteiger partial charge in [0.05, 0.1) is 12.2 Å². The Hall–Kier alpha value is -0.900. The lowest BCUT2D eigenvalue weighted by Crippen LogP contribution is -2.41. The Morgan fingerprint density at radius 3 is 2.86 bits per heavy atom. The molecule has 0 saturated carbocycles. The molecule has 1 N–H and O–H groups in total. The van der Waals surface area contributed by atoms with E-state index >= 15 is 0 Å². The van der Waals surface area contributed by atoms with Gasteiger partial charge in [0.25, 0.3) is 0 Å². The summed E-state index contributed by atoms with van der Waals surface area (Å²) in [7, 11) is 0. The minimum absolute atomic E-state index is 0.454. The topological polar surface area (TPSA) is 24.5 Å². The lowest BCUT2D eigenvalue weighted by molar-refractivity contribution is 0.0312.